The fourth-order valence-electron chi connectivity index (χ4n) is 2.49. The summed E-state index contributed by atoms with van der Waals surface area (Å²) in [5.74, 6) is 0.940. The standard InChI is InChI=1S/C16H17F3N2OS/c1-11(12-2-4-13(5-3-12)16(17,18)19)8-14(22)21-15(9-20)6-7-23-10-15/h2-5,11H,6-8,10H2,1H3,(H,21,22). The summed E-state index contributed by atoms with van der Waals surface area (Å²) in [5.41, 5.74) is -0.842. The third-order valence-corrected chi connectivity index (χ3v) is 5.10. The summed E-state index contributed by atoms with van der Waals surface area (Å²) in [4.78, 5) is 12.1. The molecular formula is C16H17F3N2OS. The highest BCUT2D eigenvalue weighted by molar-refractivity contribution is 7.99. The molecule has 1 heterocycles. The van der Waals surface area contributed by atoms with Gasteiger partial charge in [0.1, 0.15) is 5.54 Å². The van der Waals surface area contributed by atoms with Crippen LogP contribution in [0.1, 0.15) is 36.8 Å². The average Bonchev–Trinajstić information content (AvgIpc) is 2.95. The van der Waals surface area contributed by atoms with Crippen LogP contribution >= 0.6 is 11.8 Å². The van der Waals surface area contributed by atoms with E-state index < -0.39 is 17.3 Å². The number of halogens is 3. The molecule has 7 heteroatoms. The first-order valence-electron chi connectivity index (χ1n) is 7.23. The molecule has 124 valence electrons. The number of nitriles is 1. The second-order valence-corrected chi connectivity index (χ2v) is 6.87. The maximum absolute atomic E-state index is 12.5. The molecule has 1 amide bonds. The molecule has 23 heavy (non-hydrogen) atoms. The van der Waals surface area contributed by atoms with Crippen molar-refractivity contribution in [1.29, 1.82) is 5.26 Å². The minimum Gasteiger partial charge on any atom is -0.337 e. The molecule has 1 aliphatic heterocycles. The molecule has 1 aromatic carbocycles. The van der Waals surface area contributed by atoms with Gasteiger partial charge >= 0.3 is 6.18 Å². The molecule has 0 saturated carbocycles. The number of benzene rings is 1. The van der Waals surface area contributed by atoms with Gasteiger partial charge in [-0.1, -0.05) is 19.1 Å². The predicted octanol–water partition coefficient (Wildman–Crippen LogP) is 3.71. The Hall–Kier alpha value is -1.68. The predicted molar refractivity (Wildman–Crippen MR) is 82.9 cm³/mol. The molecule has 1 aromatic rings. The highest BCUT2D eigenvalue weighted by Gasteiger charge is 2.36. The van der Waals surface area contributed by atoms with Gasteiger partial charge in [-0.15, -0.1) is 0 Å². The molecule has 1 saturated heterocycles. The van der Waals surface area contributed by atoms with Crippen molar-refractivity contribution in [2.45, 2.75) is 37.4 Å². The number of thioether (sulfide) groups is 1. The Kier molecular flexibility index (Phi) is 5.25. The van der Waals surface area contributed by atoms with Crippen molar-refractivity contribution in [2.24, 2.45) is 0 Å². The second-order valence-electron chi connectivity index (χ2n) is 5.77. The molecule has 0 aliphatic carbocycles. The number of hydrogen-bond acceptors (Lipinski definition) is 3. The summed E-state index contributed by atoms with van der Waals surface area (Å²) in [6, 6.07) is 7.00. The van der Waals surface area contributed by atoms with Crippen LogP contribution in [0.3, 0.4) is 0 Å². The van der Waals surface area contributed by atoms with Gasteiger partial charge in [0, 0.05) is 12.2 Å². The van der Waals surface area contributed by atoms with Crippen LogP contribution in [0.15, 0.2) is 24.3 Å². The van der Waals surface area contributed by atoms with Gasteiger partial charge in [-0.2, -0.15) is 30.2 Å². The van der Waals surface area contributed by atoms with Crippen LogP contribution in [0.25, 0.3) is 0 Å². The molecule has 3 nitrogen and oxygen atoms in total. The fourth-order valence-corrected chi connectivity index (χ4v) is 3.76. The first-order valence-corrected chi connectivity index (χ1v) is 8.38. The zero-order valence-electron chi connectivity index (χ0n) is 12.6. The second kappa shape index (κ2) is 6.83. The first-order chi connectivity index (χ1) is 10.8. The maximum atomic E-state index is 12.5. The smallest absolute Gasteiger partial charge is 0.337 e. The van der Waals surface area contributed by atoms with Crippen molar-refractivity contribution in [3.05, 3.63) is 35.4 Å². The quantitative estimate of drug-likeness (QED) is 0.907. The molecule has 2 atom stereocenters. The van der Waals surface area contributed by atoms with E-state index in [-0.39, 0.29) is 18.2 Å². The third kappa shape index (κ3) is 4.41. The van der Waals surface area contributed by atoms with Gasteiger partial charge in [0.05, 0.1) is 11.6 Å². The molecule has 0 spiro atoms. The number of rotatable bonds is 4. The van der Waals surface area contributed by atoms with Crippen LogP contribution in [0.2, 0.25) is 0 Å². The Bertz CT molecular complexity index is 601. The van der Waals surface area contributed by atoms with E-state index >= 15 is 0 Å². The van der Waals surface area contributed by atoms with E-state index in [1.807, 2.05) is 0 Å². The van der Waals surface area contributed by atoms with E-state index in [1.54, 1.807) is 18.7 Å². The lowest BCUT2D eigenvalue weighted by Gasteiger charge is -2.22. The van der Waals surface area contributed by atoms with Gasteiger partial charge in [-0.25, -0.2) is 0 Å². The van der Waals surface area contributed by atoms with Crippen LogP contribution < -0.4 is 5.32 Å². The van der Waals surface area contributed by atoms with E-state index in [0.717, 1.165) is 17.9 Å². The van der Waals surface area contributed by atoms with Gasteiger partial charge in [0.15, 0.2) is 0 Å². The van der Waals surface area contributed by atoms with Crippen LogP contribution in [0.4, 0.5) is 13.2 Å². The Morgan fingerprint density at radius 3 is 2.57 bits per heavy atom. The van der Waals surface area contributed by atoms with Crippen molar-refractivity contribution in [3.63, 3.8) is 0 Å². The van der Waals surface area contributed by atoms with E-state index in [1.165, 1.54) is 12.1 Å². The molecule has 2 unspecified atom stereocenters. The van der Waals surface area contributed by atoms with Crippen LogP contribution in [0.5, 0.6) is 0 Å². The van der Waals surface area contributed by atoms with Crippen LogP contribution in [0, 0.1) is 11.3 Å². The van der Waals surface area contributed by atoms with E-state index in [4.69, 9.17) is 0 Å². The summed E-state index contributed by atoms with van der Waals surface area (Å²) in [6.07, 6.45) is -3.60. The average molecular weight is 342 g/mol. The minimum atomic E-state index is -4.36. The lowest BCUT2D eigenvalue weighted by molar-refractivity contribution is -0.137. The summed E-state index contributed by atoms with van der Waals surface area (Å²) in [6.45, 7) is 1.78. The Morgan fingerprint density at radius 1 is 1.43 bits per heavy atom. The lowest BCUT2D eigenvalue weighted by Crippen LogP contribution is -2.47. The largest absolute Gasteiger partial charge is 0.416 e. The fraction of sp³-hybridized carbons (Fsp3) is 0.500. The van der Waals surface area contributed by atoms with E-state index in [0.29, 0.717) is 17.7 Å². The number of carbonyl (C=O) groups is 1. The van der Waals surface area contributed by atoms with Gasteiger partial charge in [-0.05, 0) is 35.8 Å². The van der Waals surface area contributed by atoms with Gasteiger partial charge in [0.25, 0.3) is 0 Å². The molecule has 1 fully saturated rings. The summed E-state index contributed by atoms with van der Waals surface area (Å²) >= 11 is 1.62. The first kappa shape index (κ1) is 17.7. The Balaban J connectivity index is 1.97. The molecule has 0 aromatic heterocycles. The highest BCUT2D eigenvalue weighted by Crippen LogP contribution is 2.31. The number of nitrogens with one attached hydrogen (secondary N) is 1. The molecule has 1 N–H and O–H groups in total. The summed E-state index contributed by atoms with van der Waals surface area (Å²) < 4.78 is 37.6. The van der Waals surface area contributed by atoms with Crippen LogP contribution in [-0.2, 0) is 11.0 Å². The Labute approximate surface area is 137 Å². The van der Waals surface area contributed by atoms with E-state index in [9.17, 15) is 23.2 Å². The molecule has 2 rings (SSSR count). The van der Waals surface area contributed by atoms with Crippen LogP contribution in [-0.4, -0.2) is 23.0 Å². The van der Waals surface area contributed by atoms with Crippen molar-refractivity contribution in [3.8, 4) is 6.07 Å². The topological polar surface area (TPSA) is 52.9 Å². The lowest BCUT2D eigenvalue weighted by atomic mass is 9.95. The molecule has 1 aliphatic rings. The summed E-state index contributed by atoms with van der Waals surface area (Å²) in [5, 5.41) is 12.0. The normalized spacial score (nSPS) is 22.4. The maximum Gasteiger partial charge on any atom is 0.416 e. The SMILES string of the molecule is CC(CC(=O)NC1(C#N)CCSC1)c1ccc(C(F)(F)F)cc1. The molecule has 0 bridgehead atoms. The minimum absolute atomic E-state index is 0.138. The van der Waals surface area contributed by atoms with Crippen molar-refractivity contribution >= 4 is 17.7 Å². The van der Waals surface area contributed by atoms with E-state index in [2.05, 4.69) is 11.4 Å². The number of amides is 1. The third-order valence-electron chi connectivity index (χ3n) is 3.91. The molecular weight excluding hydrogens is 325 g/mol. The molecule has 0 radical (unpaired) electrons. The van der Waals surface area contributed by atoms with Gasteiger partial charge in [0.2, 0.25) is 5.91 Å². The van der Waals surface area contributed by atoms with Crippen molar-refractivity contribution in [2.75, 3.05) is 11.5 Å². The number of nitrogens with zero attached hydrogens (tertiary/aromatic N) is 1. The zero-order valence-corrected chi connectivity index (χ0v) is 13.4. The monoisotopic (exact) mass is 342 g/mol. The van der Waals surface area contributed by atoms with Crippen molar-refractivity contribution < 1.29 is 18.0 Å². The van der Waals surface area contributed by atoms with Gasteiger partial charge in [-0.3, -0.25) is 4.79 Å². The summed E-state index contributed by atoms with van der Waals surface area (Å²) in [7, 11) is 0. The number of carbonyl (C=O) groups excluding carboxylic acids is 1. The zero-order chi connectivity index (χ0) is 17.1. The number of alkyl halides is 3. The highest BCUT2D eigenvalue weighted by atomic mass is 32.2. The van der Waals surface area contributed by atoms with Crippen molar-refractivity contribution in [1.82, 2.24) is 5.32 Å². The van der Waals surface area contributed by atoms with Gasteiger partial charge < -0.3 is 5.32 Å². The number of hydrogen-bond donors (Lipinski definition) is 1. The Morgan fingerprint density at radius 2 is 2.09 bits per heavy atom.